The van der Waals surface area contributed by atoms with E-state index in [9.17, 15) is 8.42 Å². The van der Waals surface area contributed by atoms with Crippen LogP contribution in [-0.4, -0.2) is 37.2 Å². The molecule has 5 nitrogen and oxygen atoms in total. The lowest BCUT2D eigenvalue weighted by Gasteiger charge is -2.27. The van der Waals surface area contributed by atoms with E-state index in [1.807, 2.05) is 6.07 Å². The molecular formula is C16H25NO4S. The number of sulfonamides is 1. The van der Waals surface area contributed by atoms with E-state index in [1.165, 1.54) is 0 Å². The van der Waals surface area contributed by atoms with Crippen LogP contribution in [-0.2, 0) is 21.3 Å². The number of furan rings is 1. The molecule has 1 aromatic rings. The van der Waals surface area contributed by atoms with Gasteiger partial charge in [-0.05, 0) is 44.2 Å². The smallest absolute Gasteiger partial charge is 0.214 e. The lowest BCUT2D eigenvalue weighted by Crippen LogP contribution is -2.40. The SMILES string of the molecule is O=S(=O)(CCC1CCCO1)N(Cc1ccco1)C1CCCC1. The predicted octanol–water partition coefficient (Wildman–Crippen LogP) is 2.92. The van der Waals surface area contributed by atoms with Crippen molar-refractivity contribution in [3.8, 4) is 0 Å². The van der Waals surface area contributed by atoms with Crippen molar-refractivity contribution in [2.45, 2.75) is 63.6 Å². The highest BCUT2D eigenvalue weighted by atomic mass is 32.2. The molecule has 0 N–H and O–H groups in total. The van der Waals surface area contributed by atoms with Gasteiger partial charge in [0.05, 0.1) is 24.7 Å². The standard InChI is InChI=1S/C16H25NO4S/c18-22(19,12-9-15-7-3-10-20-15)17(14-5-1-2-6-14)13-16-8-4-11-21-16/h4,8,11,14-15H,1-3,5-7,9-10,12-13H2. The van der Waals surface area contributed by atoms with Gasteiger partial charge in [-0.25, -0.2) is 8.42 Å². The normalized spacial score (nSPS) is 23.6. The van der Waals surface area contributed by atoms with Gasteiger partial charge in [-0.15, -0.1) is 0 Å². The van der Waals surface area contributed by atoms with Gasteiger partial charge < -0.3 is 9.15 Å². The minimum Gasteiger partial charge on any atom is -0.468 e. The van der Waals surface area contributed by atoms with E-state index < -0.39 is 10.0 Å². The maximum absolute atomic E-state index is 12.8. The van der Waals surface area contributed by atoms with Crippen LogP contribution in [0.4, 0.5) is 0 Å². The van der Waals surface area contributed by atoms with Gasteiger partial charge in [0.15, 0.2) is 0 Å². The van der Waals surface area contributed by atoms with Gasteiger partial charge in [-0.2, -0.15) is 4.31 Å². The first-order valence-electron chi connectivity index (χ1n) is 8.29. The quantitative estimate of drug-likeness (QED) is 0.772. The van der Waals surface area contributed by atoms with Crippen LogP contribution in [0, 0.1) is 0 Å². The highest BCUT2D eigenvalue weighted by Gasteiger charge is 2.33. The fourth-order valence-electron chi connectivity index (χ4n) is 3.47. The Balaban J connectivity index is 1.68. The van der Waals surface area contributed by atoms with Crippen molar-refractivity contribution in [1.82, 2.24) is 4.31 Å². The Morgan fingerprint density at radius 3 is 2.64 bits per heavy atom. The third kappa shape index (κ3) is 3.91. The summed E-state index contributed by atoms with van der Waals surface area (Å²) >= 11 is 0. The van der Waals surface area contributed by atoms with Crippen LogP contribution in [0.25, 0.3) is 0 Å². The summed E-state index contributed by atoms with van der Waals surface area (Å²) in [5, 5.41) is 0. The van der Waals surface area contributed by atoms with E-state index in [0.717, 1.165) is 45.1 Å². The zero-order valence-corrected chi connectivity index (χ0v) is 13.8. The molecule has 1 atom stereocenters. The third-order valence-corrected chi connectivity index (χ3v) is 6.60. The first-order valence-corrected chi connectivity index (χ1v) is 9.89. The largest absolute Gasteiger partial charge is 0.468 e. The van der Waals surface area contributed by atoms with E-state index in [2.05, 4.69) is 0 Å². The Morgan fingerprint density at radius 2 is 2.00 bits per heavy atom. The van der Waals surface area contributed by atoms with Crippen molar-refractivity contribution in [3.05, 3.63) is 24.2 Å². The van der Waals surface area contributed by atoms with Crippen LogP contribution in [0.5, 0.6) is 0 Å². The molecule has 2 fully saturated rings. The van der Waals surface area contributed by atoms with Crippen LogP contribution in [0.15, 0.2) is 22.8 Å². The summed E-state index contributed by atoms with van der Waals surface area (Å²) in [6, 6.07) is 3.78. The molecule has 2 heterocycles. The predicted molar refractivity (Wildman–Crippen MR) is 83.9 cm³/mol. The molecule has 0 aromatic carbocycles. The second-order valence-corrected chi connectivity index (χ2v) is 8.34. The van der Waals surface area contributed by atoms with Gasteiger partial charge in [0.2, 0.25) is 10.0 Å². The average molecular weight is 327 g/mol. The monoisotopic (exact) mass is 327 g/mol. The molecule has 3 rings (SSSR count). The molecule has 1 saturated heterocycles. The van der Waals surface area contributed by atoms with Gasteiger partial charge in [0.1, 0.15) is 5.76 Å². The van der Waals surface area contributed by atoms with Gasteiger partial charge >= 0.3 is 0 Å². The minimum absolute atomic E-state index is 0.115. The first kappa shape index (κ1) is 16.0. The van der Waals surface area contributed by atoms with Crippen molar-refractivity contribution in [1.29, 1.82) is 0 Å². The fourth-order valence-corrected chi connectivity index (χ4v) is 5.26. The van der Waals surface area contributed by atoms with Gasteiger partial charge in [-0.3, -0.25) is 0 Å². The summed E-state index contributed by atoms with van der Waals surface area (Å²) < 4.78 is 38.3. The third-order valence-electron chi connectivity index (χ3n) is 4.70. The van der Waals surface area contributed by atoms with Crippen molar-refractivity contribution in [2.75, 3.05) is 12.4 Å². The summed E-state index contributed by atoms with van der Waals surface area (Å²) in [5.41, 5.74) is 0. The summed E-state index contributed by atoms with van der Waals surface area (Å²) in [7, 11) is -3.28. The number of rotatable bonds is 7. The Bertz CT molecular complexity index is 543. The topological polar surface area (TPSA) is 59.8 Å². The van der Waals surface area contributed by atoms with Crippen LogP contribution < -0.4 is 0 Å². The number of hydrogen-bond acceptors (Lipinski definition) is 4. The molecule has 1 aliphatic carbocycles. The number of hydrogen-bond donors (Lipinski definition) is 0. The highest BCUT2D eigenvalue weighted by Crippen LogP contribution is 2.28. The van der Waals surface area contributed by atoms with Crippen molar-refractivity contribution < 1.29 is 17.6 Å². The molecular weight excluding hydrogens is 302 g/mol. The van der Waals surface area contributed by atoms with E-state index in [0.29, 0.717) is 18.7 Å². The average Bonchev–Trinajstić information content (AvgIpc) is 3.25. The highest BCUT2D eigenvalue weighted by molar-refractivity contribution is 7.89. The number of nitrogens with zero attached hydrogens (tertiary/aromatic N) is 1. The van der Waals surface area contributed by atoms with Crippen molar-refractivity contribution in [2.24, 2.45) is 0 Å². The molecule has 0 spiro atoms. The Hall–Kier alpha value is -0.850. The molecule has 1 aromatic heterocycles. The zero-order chi connectivity index (χ0) is 15.4. The maximum Gasteiger partial charge on any atom is 0.214 e. The van der Waals surface area contributed by atoms with E-state index in [4.69, 9.17) is 9.15 Å². The second-order valence-electron chi connectivity index (χ2n) is 6.30. The van der Waals surface area contributed by atoms with Crippen molar-refractivity contribution >= 4 is 10.0 Å². The molecule has 22 heavy (non-hydrogen) atoms. The van der Waals surface area contributed by atoms with Crippen molar-refractivity contribution in [3.63, 3.8) is 0 Å². The fraction of sp³-hybridized carbons (Fsp3) is 0.750. The van der Waals surface area contributed by atoms with Gasteiger partial charge in [0, 0.05) is 12.6 Å². The van der Waals surface area contributed by atoms with Crippen LogP contribution in [0.1, 0.15) is 50.7 Å². The number of ether oxygens (including phenoxy) is 1. The van der Waals surface area contributed by atoms with E-state index >= 15 is 0 Å². The van der Waals surface area contributed by atoms with Crippen LogP contribution in [0.2, 0.25) is 0 Å². The van der Waals surface area contributed by atoms with Crippen LogP contribution in [0.3, 0.4) is 0 Å². The summed E-state index contributed by atoms with van der Waals surface area (Å²) in [4.78, 5) is 0. The molecule has 124 valence electrons. The summed E-state index contributed by atoms with van der Waals surface area (Å²) in [5.74, 6) is 0.891. The first-order chi connectivity index (χ1) is 10.6. The lowest BCUT2D eigenvalue weighted by atomic mass is 10.2. The Labute approximate surface area is 132 Å². The molecule has 0 radical (unpaired) electrons. The molecule has 6 heteroatoms. The molecule has 0 amide bonds. The Morgan fingerprint density at radius 1 is 1.18 bits per heavy atom. The summed E-state index contributed by atoms with van der Waals surface area (Å²) in [6.45, 7) is 1.12. The summed E-state index contributed by atoms with van der Waals surface area (Å²) in [6.07, 6.45) is 8.48. The molecule has 1 aliphatic heterocycles. The molecule has 2 aliphatic rings. The molecule has 0 bridgehead atoms. The molecule has 1 unspecified atom stereocenters. The Kier molecular flexibility index (Phi) is 5.21. The zero-order valence-electron chi connectivity index (χ0n) is 12.9. The van der Waals surface area contributed by atoms with Crippen LogP contribution >= 0.6 is 0 Å². The van der Waals surface area contributed by atoms with Gasteiger partial charge in [0.25, 0.3) is 0 Å². The minimum atomic E-state index is -3.28. The van der Waals surface area contributed by atoms with Gasteiger partial charge in [-0.1, -0.05) is 12.8 Å². The molecule has 1 saturated carbocycles. The lowest BCUT2D eigenvalue weighted by molar-refractivity contribution is 0.108. The van der Waals surface area contributed by atoms with E-state index in [1.54, 1.807) is 16.6 Å². The van der Waals surface area contributed by atoms with E-state index in [-0.39, 0.29) is 17.9 Å². The maximum atomic E-state index is 12.8. The second kappa shape index (κ2) is 7.15.